The average molecular weight is 385 g/mol. The fourth-order valence-electron chi connectivity index (χ4n) is 2.69. The molecule has 1 aliphatic rings. The van der Waals surface area contributed by atoms with Crippen LogP contribution in [0.5, 0.6) is 0 Å². The van der Waals surface area contributed by atoms with Gasteiger partial charge in [0.15, 0.2) is 0 Å². The van der Waals surface area contributed by atoms with Crippen molar-refractivity contribution in [1.82, 2.24) is 0 Å². The number of hydrogen-bond donors (Lipinski definition) is 0. The monoisotopic (exact) mass is 384 g/mol. The Bertz CT molecular complexity index is 753. The van der Waals surface area contributed by atoms with Gasteiger partial charge in [0, 0.05) is 10.8 Å². The molecule has 0 aromatic heterocycles. The molecule has 0 bridgehead atoms. The number of aryl methyl sites for hydroxylation is 1. The minimum Gasteiger partial charge on any atom is -0.369 e. The van der Waals surface area contributed by atoms with E-state index in [9.17, 15) is 12.6 Å². The van der Waals surface area contributed by atoms with E-state index in [1.54, 1.807) is 6.08 Å². The van der Waals surface area contributed by atoms with Gasteiger partial charge in [-0.05, 0) is 38.0 Å². The first-order chi connectivity index (χ1) is 11.7. The van der Waals surface area contributed by atoms with Gasteiger partial charge in [-0.25, -0.2) is 0 Å². The normalized spacial score (nSPS) is 25.1. The first-order valence-electron chi connectivity index (χ1n) is 8.03. The van der Waals surface area contributed by atoms with Crippen molar-refractivity contribution in [2.45, 2.75) is 30.3 Å². The number of hydrogen-bond acceptors (Lipinski definition) is 5. The molecule has 1 heterocycles. The van der Waals surface area contributed by atoms with Crippen molar-refractivity contribution >= 4 is 20.9 Å². The minimum absolute atomic E-state index is 0.00567. The Labute approximate surface area is 152 Å². The molecule has 0 saturated carbocycles. The summed E-state index contributed by atoms with van der Waals surface area (Å²) in [5, 5.41) is 0. The van der Waals surface area contributed by atoms with Crippen molar-refractivity contribution in [1.29, 1.82) is 0 Å². The highest BCUT2D eigenvalue weighted by atomic mass is 32.2. The Morgan fingerprint density at radius 1 is 1.44 bits per heavy atom. The fourth-order valence-corrected chi connectivity index (χ4v) is 4.49. The van der Waals surface area contributed by atoms with Crippen molar-refractivity contribution in [3.63, 3.8) is 0 Å². The summed E-state index contributed by atoms with van der Waals surface area (Å²) in [6, 6.07) is 7.59. The van der Waals surface area contributed by atoms with Gasteiger partial charge in [0.1, 0.15) is 5.60 Å². The van der Waals surface area contributed by atoms with Crippen molar-refractivity contribution in [2.75, 3.05) is 25.2 Å². The van der Waals surface area contributed by atoms with E-state index in [4.69, 9.17) is 8.92 Å². The summed E-state index contributed by atoms with van der Waals surface area (Å²) in [5.41, 5.74) is 3.17. The molecule has 25 heavy (non-hydrogen) atoms. The SMILES string of the molecule is C=C=C[C@]1(CS(=O)c2ccc(C)cc2)CC[C@@H](COS(C)(=O)=O)CO1. The number of rotatable bonds is 7. The highest BCUT2D eigenvalue weighted by Gasteiger charge is 2.36. The van der Waals surface area contributed by atoms with Crippen LogP contribution in [0.1, 0.15) is 18.4 Å². The highest BCUT2D eigenvalue weighted by molar-refractivity contribution is 7.86. The lowest BCUT2D eigenvalue weighted by atomic mass is 9.90. The molecule has 1 unspecified atom stereocenters. The third-order valence-electron chi connectivity index (χ3n) is 4.12. The lowest BCUT2D eigenvalue weighted by Crippen LogP contribution is -2.43. The molecule has 0 radical (unpaired) electrons. The van der Waals surface area contributed by atoms with Gasteiger partial charge in [0.2, 0.25) is 0 Å². The zero-order chi connectivity index (χ0) is 18.5. The molecule has 1 saturated heterocycles. The van der Waals surface area contributed by atoms with E-state index in [2.05, 4.69) is 12.3 Å². The topological polar surface area (TPSA) is 69.7 Å². The van der Waals surface area contributed by atoms with Crippen molar-refractivity contribution in [3.8, 4) is 0 Å². The molecule has 1 aromatic rings. The maximum Gasteiger partial charge on any atom is 0.264 e. The van der Waals surface area contributed by atoms with Gasteiger partial charge in [-0.1, -0.05) is 24.3 Å². The maximum atomic E-state index is 12.7. The van der Waals surface area contributed by atoms with Gasteiger partial charge in [-0.2, -0.15) is 8.42 Å². The zero-order valence-electron chi connectivity index (χ0n) is 14.6. The number of ether oxygens (including phenoxy) is 1. The van der Waals surface area contributed by atoms with Crippen LogP contribution in [0.2, 0.25) is 0 Å². The second-order valence-electron chi connectivity index (χ2n) is 6.42. The average Bonchev–Trinajstić information content (AvgIpc) is 2.54. The van der Waals surface area contributed by atoms with Crippen LogP contribution < -0.4 is 0 Å². The van der Waals surface area contributed by atoms with Crippen LogP contribution in [0, 0.1) is 12.8 Å². The zero-order valence-corrected chi connectivity index (χ0v) is 16.2. The summed E-state index contributed by atoms with van der Waals surface area (Å²) in [7, 11) is -4.67. The first kappa shape index (κ1) is 20.1. The smallest absolute Gasteiger partial charge is 0.264 e. The van der Waals surface area contributed by atoms with Crippen LogP contribution >= 0.6 is 0 Å². The summed E-state index contributed by atoms with van der Waals surface area (Å²) in [4.78, 5) is 0.758. The van der Waals surface area contributed by atoms with Crippen LogP contribution in [0.15, 0.2) is 47.5 Å². The lowest BCUT2D eigenvalue weighted by molar-refractivity contribution is -0.0620. The Hall–Kier alpha value is -1.24. The molecule has 7 heteroatoms. The van der Waals surface area contributed by atoms with Crippen molar-refractivity contribution < 1.29 is 21.5 Å². The molecule has 0 N–H and O–H groups in total. The summed E-state index contributed by atoms with van der Waals surface area (Å²) < 4.78 is 45.7. The number of benzene rings is 1. The van der Waals surface area contributed by atoms with E-state index >= 15 is 0 Å². The predicted molar refractivity (Wildman–Crippen MR) is 98.4 cm³/mol. The summed E-state index contributed by atoms with van der Waals surface area (Å²) in [6.45, 7) is 6.05. The molecule has 1 aliphatic heterocycles. The maximum absolute atomic E-state index is 12.7. The molecular weight excluding hydrogens is 360 g/mol. The Balaban J connectivity index is 2.02. The Kier molecular flexibility index (Phi) is 6.77. The van der Waals surface area contributed by atoms with Crippen LogP contribution in [-0.4, -0.2) is 43.5 Å². The Morgan fingerprint density at radius 2 is 2.12 bits per heavy atom. The minimum atomic E-state index is -3.46. The standard InChI is InChI=1S/C18H24O5S2/c1-4-10-18(14-24(19)17-7-5-15(2)6-8-17)11-9-16(12-22-18)13-23-25(3,20)21/h5-8,10,16H,1,9,11-14H2,2-3H3/t16-,18-,24?/m1/s1. The van der Waals surface area contributed by atoms with Crippen molar-refractivity contribution in [3.05, 3.63) is 48.2 Å². The second-order valence-corrected chi connectivity index (χ2v) is 9.52. The lowest BCUT2D eigenvalue weighted by Gasteiger charge is -2.37. The summed E-state index contributed by atoms with van der Waals surface area (Å²) in [5.74, 6) is 0.312. The van der Waals surface area contributed by atoms with E-state index < -0.39 is 26.5 Å². The van der Waals surface area contributed by atoms with Gasteiger partial charge < -0.3 is 4.74 Å². The van der Waals surface area contributed by atoms with Crippen LogP contribution in [-0.2, 0) is 29.8 Å². The van der Waals surface area contributed by atoms with Crippen LogP contribution in [0.25, 0.3) is 0 Å². The van der Waals surface area contributed by atoms with E-state index in [1.165, 1.54) is 0 Å². The fraction of sp³-hybridized carbons (Fsp3) is 0.500. The molecule has 5 nitrogen and oxygen atoms in total. The largest absolute Gasteiger partial charge is 0.369 e. The molecule has 2 rings (SSSR count). The first-order valence-corrected chi connectivity index (χ1v) is 11.2. The molecule has 0 amide bonds. The third kappa shape index (κ3) is 6.20. The third-order valence-corrected chi connectivity index (χ3v) is 6.24. The predicted octanol–water partition coefficient (Wildman–Crippen LogP) is 2.59. The van der Waals surface area contributed by atoms with E-state index in [1.807, 2.05) is 31.2 Å². The molecule has 1 fully saturated rings. The molecule has 1 aromatic carbocycles. The van der Waals surface area contributed by atoms with E-state index in [0.717, 1.165) is 23.1 Å². The highest BCUT2D eigenvalue weighted by Crippen LogP contribution is 2.31. The van der Waals surface area contributed by atoms with E-state index in [0.29, 0.717) is 18.8 Å². The summed E-state index contributed by atoms with van der Waals surface area (Å²) in [6.07, 6.45) is 4.10. The molecule has 0 aliphatic carbocycles. The van der Waals surface area contributed by atoms with Gasteiger partial charge in [0.25, 0.3) is 10.1 Å². The molecule has 0 spiro atoms. The quantitative estimate of drug-likeness (QED) is 0.534. The van der Waals surface area contributed by atoms with Gasteiger partial charge in [-0.15, -0.1) is 5.73 Å². The summed E-state index contributed by atoms with van der Waals surface area (Å²) >= 11 is 0. The van der Waals surface area contributed by atoms with Crippen LogP contribution in [0.4, 0.5) is 0 Å². The second kappa shape index (κ2) is 8.43. The Morgan fingerprint density at radius 3 is 2.64 bits per heavy atom. The molecule has 3 atom stereocenters. The van der Waals surface area contributed by atoms with Gasteiger partial charge >= 0.3 is 0 Å². The molecular formula is C18H24O5S2. The van der Waals surface area contributed by atoms with E-state index in [-0.39, 0.29) is 12.5 Å². The molecule has 138 valence electrons. The van der Waals surface area contributed by atoms with Gasteiger partial charge in [-0.3, -0.25) is 8.39 Å². The van der Waals surface area contributed by atoms with Crippen LogP contribution in [0.3, 0.4) is 0 Å². The van der Waals surface area contributed by atoms with Crippen molar-refractivity contribution in [2.24, 2.45) is 5.92 Å². The van der Waals surface area contributed by atoms with Gasteiger partial charge in [0.05, 0.1) is 36.0 Å².